The van der Waals surface area contributed by atoms with Gasteiger partial charge in [0.25, 0.3) is 5.56 Å². The van der Waals surface area contributed by atoms with E-state index >= 15 is 0 Å². The van der Waals surface area contributed by atoms with Gasteiger partial charge in [0, 0.05) is 40.6 Å². The Morgan fingerprint density at radius 1 is 1.00 bits per heavy atom. The van der Waals surface area contributed by atoms with Gasteiger partial charge in [0.1, 0.15) is 5.82 Å². The van der Waals surface area contributed by atoms with E-state index in [2.05, 4.69) is 30.5 Å². The normalized spacial score (nSPS) is 11.5. The van der Waals surface area contributed by atoms with Crippen LogP contribution in [-0.2, 0) is 0 Å². The standard InChI is InChI=1S/C18H21N3O/c1-11(2)20-16-10-17(21-12(3)6-7-13(21)4)19-14(5)15(16)8-9-18(20)22/h6-11H,1-5H3. The molecule has 22 heavy (non-hydrogen) atoms. The lowest BCUT2D eigenvalue weighted by Gasteiger charge is -2.17. The number of nitrogens with zero attached hydrogens (tertiary/aromatic N) is 3. The van der Waals surface area contributed by atoms with Gasteiger partial charge in [0.15, 0.2) is 0 Å². The summed E-state index contributed by atoms with van der Waals surface area (Å²) >= 11 is 0. The zero-order chi connectivity index (χ0) is 16.0. The molecule has 3 heterocycles. The third-order valence-electron chi connectivity index (χ3n) is 4.12. The Morgan fingerprint density at radius 3 is 2.23 bits per heavy atom. The maximum absolute atomic E-state index is 12.3. The van der Waals surface area contributed by atoms with Crippen molar-refractivity contribution in [1.82, 2.24) is 14.1 Å². The highest BCUT2D eigenvalue weighted by Crippen LogP contribution is 2.23. The highest BCUT2D eigenvalue weighted by atomic mass is 16.1. The molecule has 0 N–H and O–H groups in total. The molecule has 0 unspecified atom stereocenters. The molecule has 0 fully saturated rings. The highest BCUT2D eigenvalue weighted by molar-refractivity contribution is 5.82. The first-order chi connectivity index (χ1) is 10.4. The van der Waals surface area contributed by atoms with Crippen LogP contribution in [0.5, 0.6) is 0 Å². The summed E-state index contributed by atoms with van der Waals surface area (Å²) in [6, 6.07) is 9.79. The van der Waals surface area contributed by atoms with E-state index in [0.29, 0.717) is 0 Å². The van der Waals surface area contributed by atoms with Crippen molar-refractivity contribution in [2.24, 2.45) is 0 Å². The van der Waals surface area contributed by atoms with Crippen molar-refractivity contribution in [1.29, 1.82) is 0 Å². The van der Waals surface area contributed by atoms with E-state index in [9.17, 15) is 4.79 Å². The Morgan fingerprint density at radius 2 is 1.64 bits per heavy atom. The van der Waals surface area contributed by atoms with Crippen molar-refractivity contribution in [3.8, 4) is 5.82 Å². The average Bonchev–Trinajstić information content (AvgIpc) is 2.77. The Balaban J connectivity index is 2.41. The molecule has 0 radical (unpaired) electrons. The third kappa shape index (κ3) is 2.15. The molecule has 0 atom stereocenters. The number of pyridine rings is 2. The molecule has 0 amide bonds. The predicted molar refractivity (Wildman–Crippen MR) is 89.9 cm³/mol. The molecule has 0 aliphatic rings. The molecule has 4 nitrogen and oxygen atoms in total. The minimum Gasteiger partial charge on any atom is -0.306 e. The predicted octanol–water partition coefficient (Wildman–Crippen LogP) is 3.69. The van der Waals surface area contributed by atoms with E-state index in [-0.39, 0.29) is 11.6 Å². The molecule has 0 saturated heterocycles. The summed E-state index contributed by atoms with van der Waals surface area (Å²) in [6.45, 7) is 10.2. The quantitative estimate of drug-likeness (QED) is 0.723. The highest BCUT2D eigenvalue weighted by Gasteiger charge is 2.13. The van der Waals surface area contributed by atoms with Gasteiger partial charge in [0.2, 0.25) is 0 Å². The van der Waals surface area contributed by atoms with Gasteiger partial charge in [0.05, 0.1) is 5.52 Å². The first-order valence-corrected chi connectivity index (χ1v) is 7.58. The third-order valence-corrected chi connectivity index (χ3v) is 4.12. The number of fused-ring (bicyclic) bond motifs is 1. The van der Waals surface area contributed by atoms with Crippen LogP contribution in [0.3, 0.4) is 0 Å². The van der Waals surface area contributed by atoms with E-state index in [4.69, 9.17) is 4.98 Å². The Bertz CT molecular complexity index is 896. The minimum atomic E-state index is 0.0278. The fourth-order valence-electron chi connectivity index (χ4n) is 3.09. The van der Waals surface area contributed by atoms with Crippen LogP contribution in [0, 0.1) is 20.8 Å². The van der Waals surface area contributed by atoms with Gasteiger partial charge < -0.3 is 9.13 Å². The van der Waals surface area contributed by atoms with Crippen molar-refractivity contribution >= 4 is 10.9 Å². The molecule has 4 heteroatoms. The Labute approximate surface area is 130 Å². The molecule has 0 aliphatic carbocycles. The molecule has 0 spiro atoms. The number of rotatable bonds is 2. The summed E-state index contributed by atoms with van der Waals surface area (Å²) in [5.74, 6) is 0.866. The van der Waals surface area contributed by atoms with Crippen LogP contribution in [0.4, 0.5) is 0 Å². The van der Waals surface area contributed by atoms with E-state index < -0.39 is 0 Å². The molecule has 0 aromatic carbocycles. The zero-order valence-electron chi connectivity index (χ0n) is 13.7. The molecular formula is C18H21N3O. The number of aryl methyl sites for hydroxylation is 3. The molecule has 3 aromatic heterocycles. The van der Waals surface area contributed by atoms with Gasteiger partial charge in [-0.2, -0.15) is 0 Å². The summed E-state index contributed by atoms with van der Waals surface area (Å²) in [7, 11) is 0. The zero-order valence-corrected chi connectivity index (χ0v) is 13.7. The second-order valence-electron chi connectivity index (χ2n) is 6.09. The van der Waals surface area contributed by atoms with Crippen LogP contribution >= 0.6 is 0 Å². The Kier molecular flexibility index (Phi) is 3.39. The van der Waals surface area contributed by atoms with Crippen LogP contribution in [0.1, 0.15) is 37.0 Å². The van der Waals surface area contributed by atoms with Crippen molar-refractivity contribution < 1.29 is 0 Å². The molecular weight excluding hydrogens is 274 g/mol. The van der Waals surface area contributed by atoms with Gasteiger partial charge in [-0.05, 0) is 52.8 Å². The van der Waals surface area contributed by atoms with Crippen molar-refractivity contribution in [2.45, 2.75) is 40.7 Å². The lowest BCUT2D eigenvalue weighted by Crippen LogP contribution is -2.21. The van der Waals surface area contributed by atoms with E-state index in [1.54, 1.807) is 6.07 Å². The van der Waals surface area contributed by atoms with Crippen molar-refractivity contribution in [3.63, 3.8) is 0 Å². The van der Waals surface area contributed by atoms with E-state index in [0.717, 1.165) is 33.8 Å². The maximum Gasteiger partial charge on any atom is 0.251 e. The largest absolute Gasteiger partial charge is 0.306 e. The first-order valence-electron chi connectivity index (χ1n) is 7.58. The van der Waals surface area contributed by atoms with Crippen LogP contribution < -0.4 is 5.56 Å². The first kappa shape index (κ1) is 14.6. The molecule has 3 rings (SSSR count). The SMILES string of the molecule is Cc1nc(-n2c(C)ccc2C)cc2c1ccc(=O)n2C(C)C. The maximum atomic E-state index is 12.3. The molecule has 0 saturated carbocycles. The second kappa shape index (κ2) is 5.13. The van der Waals surface area contributed by atoms with Crippen LogP contribution in [0.25, 0.3) is 16.7 Å². The van der Waals surface area contributed by atoms with Crippen molar-refractivity contribution in [2.75, 3.05) is 0 Å². The summed E-state index contributed by atoms with van der Waals surface area (Å²) in [6.07, 6.45) is 0. The average molecular weight is 295 g/mol. The summed E-state index contributed by atoms with van der Waals surface area (Å²) < 4.78 is 3.95. The van der Waals surface area contributed by atoms with Crippen LogP contribution in [-0.4, -0.2) is 14.1 Å². The minimum absolute atomic E-state index is 0.0278. The summed E-state index contributed by atoms with van der Waals surface area (Å²) in [4.78, 5) is 17.0. The second-order valence-corrected chi connectivity index (χ2v) is 6.09. The molecule has 0 aliphatic heterocycles. The van der Waals surface area contributed by atoms with Gasteiger partial charge in [-0.25, -0.2) is 4.98 Å². The lowest BCUT2D eigenvalue weighted by atomic mass is 10.1. The van der Waals surface area contributed by atoms with Crippen LogP contribution in [0.2, 0.25) is 0 Å². The fraction of sp³-hybridized carbons (Fsp3) is 0.333. The molecule has 3 aromatic rings. The van der Waals surface area contributed by atoms with Gasteiger partial charge in [-0.1, -0.05) is 0 Å². The van der Waals surface area contributed by atoms with Crippen molar-refractivity contribution in [3.05, 3.63) is 57.8 Å². The molecule has 0 bridgehead atoms. The van der Waals surface area contributed by atoms with Gasteiger partial charge in [-0.15, -0.1) is 0 Å². The van der Waals surface area contributed by atoms with E-state index in [1.165, 1.54) is 0 Å². The number of hydrogen-bond acceptors (Lipinski definition) is 2. The number of aromatic nitrogens is 3. The topological polar surface area (TPSA) is 39.8 Å². The van der Waals surface area contributed by atoms with Gasteiger partial charge >= 0.3 is 0 Å². The van der Waals surface area contributed by atoms with Gasteiger partial charge in [-0.3, -0.25) is 4.79 Å². The number of hydrogen-bond donors (Lipinski definition) is 0. The molecule has 114 valence electrons. The van der Waals surface area contributed by atoms with E-state index in [1.807, 2.05) is 37.5 Å². The fourth-order valence-corrected chi connectivity index (χ4v) is 3.09. The van der Waals surface area contributed by atoms with Crippen LogP contribution in [0.15, 0.2) is 35.1 Å². The summed E-state index contributed by atoms with van der Waals surface area (Å²) in [5, 5.41) is 1.03. The monoisotopic (exact) mass is 295 g/mol. The smallest absolute Gasteiger partial charge is 0.251 e. The Hall–Kier alpha value is -2.36. The summed E-state index contributed by atoms with van der Waals surface area (Å²) in [5.41, 5.74) is 4.18. The lowest BCUT2D eigenvalue weighted by molar-refractivity contribution is 0.600.